The molecule has 0 bridgehead atoms. The Hall–Kier alpha value is -1.73. The van der Waals surface area contributed by atoms with E-state index >= 15 is 0 Å². The lowest BCUT2D eigenvalue weighted by Crippen LogP contribution is -2.40. The molecule has 0 radical (unpaired) electrons. The predicted molar refractivity (Wildman–Crippen MR) is 92.7 cm³/mol. The molecular formula is C17H22ClF2N3O2. The number of carbonyl (C=O) groups is 2. The molecule has 25 heavy (non-hydrogen) atoms. The largest absolute Gasteiger partial charge is 0.355 e. The van der Waals surface area contributed by atoms with Crippen LogP contribution >= 0.6 is 12.4 Å². The minimum atomic E-state index is -0.794. The number of carbonyl (C=O) groups excluding carboxylic acids is 2. The Morgan fingerprint density at radius 1 is 1.36 bits per heavy atom. The van der Waals surface area contributed by atoms with Crippen LogP contribution in [0.4, 0.5) is 14.5 Å². The lowest BCUT2D eigenvalue weighted by molar-refractivity contribution is -0.126. The van der Waals surface area contributed by atoms with Crippen LogP contribution in [0.3, 0.4) is 0 Å². The number of rotatable bonds is 4. The average Bonchev–Trinajstić information content (AvgIpc) is 2.95. The first-order chi connectivity index (χ1) is 11.5. The molecule has 2 aliphatic rings. The van der Waals surface area contributed by atoms with Gasteiger partial charge in [-0.25, -0.2) is 8.78 Å². The van der Waals surface area contributed by atoms with Gasteiger partial charge in [0, 0.05) is 25.6 Å². The van der Waals surface area contributed by atoms with Gasteiger partial charge < -0.3 is 15.5 Å². The number of nitrogens with zero attached hydrogens (tertiary/aromatic N) is 1. The molecule has 2 N–H and O–H groups in total. The fourth-order valence-corrected chi connectivity index (χ4v) is 3.30. The fourth-order valence-electron chi connectivity index (χ4n) is 3.30. The van der Waals surface area contributed by atoms with Crippen LogP contribution in [0.15, 0.2) is 18.2 Å². The lowest BCUT2D eigenvalue weighted by Gasteiger charge is -2.23. The minimum Gasteiger partial charge on any atom is -0.355 e. The van der Waals surface area contributed by atoms with Crippen molar-refractivity contribution in [3.8, 4) is 0 Å². The van der Waals surface area contributed by atoms with Crippen molar-refractivity contribution < 1.29 is 18.4 Å². The van der Waals surface area contributed by atoms with E-state index in [0.29, 0.717) is 12.5 Å². The van der Waals surface area contributed by atoms with Gasteiger partial charge in [-0.2, -0.15) is 0 Å². The van der Waals surface area contributed by atoms with Crippen LogP contribution in [0.25, 0.3) is 0 Å². The van der Waals surface area contributed by atoms with Crippen molar-refractivity contribution in [3.63, 3.8) is 0 Å². The van der Waals surface area contributed by atoms with Gasteiger partial charge in [0.05, 0.1) is 11.6 Å². The summed E-state index contributed by atoms with van der Waals surface area (Å²) in [6.45, 7) is 2.61. The smallest absolute Gasteiger partial charge is 0.227 e. The van der Waals surface area contributed by atoms with E-state index in [1.165, 1.54) is 11.0 Å². The standard InChI is InChI=1S/C17H21F2N3O2.ClH/c18-13-3-4-15(14(19)7-13)22-10-12(6-16(22)23)17(24)21-9-11-2-1-5-20-8-11;/h3-4,7,11-12,20H,1-2,5-6,8-10H2,(H,21,24);1H. The van der Waals surface area contributed by atoms with Crippen LogP contribution in [0.1, 0.15) is 19.3 Å². The van der Waals surface area contributed by atoms with E-state index in [-0.39, 0.29) is 42.9 Å². The van der Waals surface area contributed by atoms with E-state index in [1.54, 1.807) is 0 Å². The molecule has 2 heterocycles. The molecule has 2 atom stereocenters. The van der Waals surface area contributed by atoms with Gasteiger partial charge >= 0.3 is 0 Å². The van der Waals surface area contributed by atoms with Crippen molar-refractivity contribution in [3.05, 3.63) is 29.8 Å². The maximum absolute atomic E-state index is 13.9. The highest BCUT2D eigenvalue weighted by Gasteiger charge is 2.36. The molecule has 8 heteroatoms. The van der Waals surface area contributed by atoms with E-state index in [4.69, 9.17) is 0 Å². The molecule has 0 aromatic heterocycles. The van der Waals surface area contributed by atoms with E-state index in [0.717, 1.165) is 38.1 Å². The maximum atomic E-state index is 13.9. The molecule has 2 unspecified atom stereocenters. The molecule has 1 aromatic rings. The highest BCUT2D eigenvalue weighted by molar-refractivity contribution is 6.00. The van der Waals surface area contributed by atoms with Gasteiger partial charge in [-0.3, -0.25) is 9.59 Å². The zero-order chi connectivity index (χ0) is 17.1. The third-order valence-corrected chi connectivity index (χ3v) is 4.66. The molecule has 2 amide bonds. The normalized spacial score (nSPS) is 23.3. The summed E-state index contributed by atoms with van der Waals surface area (Å²) in [6, 6.07) is 3.08. The number of hydrogen-bond donors (Lipinski definition) is 2. The molecule has 138 valence electrons. The van der Waals surface area contributed by atoms with Crippen molar-refractivity contribution in [2.45, 2.75) is 19.3 Å². The first-order valence-electron chi connectivity index (χ1n) is 8.28. The molecule has 0 saturated carbocycles. The number of piperidine rings is 1. The summed E-state index contributed by atoms with van der Waals surface area (Å²) in [5.41, 5.74) is 0.0215. The summed E-state index contributed by atoms with van der Waals surface area (Å²) >= 11 is 0. The first-order valence-corrected chi connectivity index (χ1v) is 8.28. The van der Waals surface area contributed by atoms with E-state index in [1.807, 2.05) is 0 Å². The second-order valence-electron chi connectivity index (χ2n) is 6.46. The topological polar surface area (TPSA) is 61.4 Å². The van der Waals surface area contributed by atoms with Crippen LogP contribution in [0.5, 0.6) is 0 Å². The second kappa shape index (κ2) is 8.58. The third kappa shape index (κ3) is 4.67. The number of benzene rings is 1. The molecule has 2 aliphatic heterocycles. The zero-order valence-corrected chi connectivity index (χ0v) is 14.6. The Bertz CT molecular complexity index is 638. The Morgan fingerprint density at radius 2 is 2.16 bits per heavy atom. The number of nitrogens with one attached hydrogen (secondary N) is 2. The maximum Gasteiger partial charge on any atom is 0.227 e. The minimum absolute atomic E-state index is 0. The van der Waals surface area contributed by atoms with E-state index in [2.05, 4.69) is 10.6 Å². The summed E-state index contributed by atoms with van der Waals surface area (Å²) in [4.78, 5) is 25.6. The van der Waals surface area contributed by atoms with Gasteiger partial charge in [-0.1, -0.05) is 0 Å². The van der Waals surface area contributed by atoms with Crippen molar-refractivity contribution >= 4 is 29.9 Å². The van der Waals surface area contributed by atoms with E-state index in [9.17, 15) is 18.4 Å². The quantitative estimate of drug-likeness (QED) is 0.846. The van der Waals surface area contributed by atoms with Gasteiger partial charge in [0.15, 0.2) is 0 Å². The molecule has 2 saturated heterocycles. The third-order valence-electron chi connectivity index (χ3n) is 4.66. The molecule has 5 nitrogen and oxygen atoms in total. The first kappa shape index (κ1) is 19.6. The molecule has 0 aliphatic carbocycles. The summed E-state index contributed by atoms with van der Waals surface area (Å²) in [6.07, 6.45) is 2.22. The van der Waals surface area contributed by atoms with Crippen molar-refractivity contribution in [1.82, 2.24) is 10.6 Å². The monoisotopic (exact) mass is 373 g/mol. The summed E-state index contributed by atoms with van der Waals surface area (Å²) in [5, 5.41) is 6.19. The Balaban J connectivity index is 0.00000225. The number of anilines is 1. The predicted octanol–water partition coefficient (Wildman–Crippen LogP) is 1.86. The number of hydrogen-bond acceptors (Lipinski definition) is 3. The number of halogens is 3. The molecular weight excluding hydrogens is 352 g/mol. The SMILES string of the molecule is Cl.O=C(NCC1CCCNC1)C1CC(=O)N(c2ccc(F)cc2F)C1. The van der Waals surface area contributed by atoms with Crippen LogP contribution in [-0.2, 0) is 9.59 Å². The van der Waals surface area contributed by atoms with Crippen LogP contribution in [0.2, 0.25) is 0 Å². The van der Waals surface area contributed by atoms with Gasteiger partial charge in [0.25, 0.3) is 0 Å². The molecule has 0 spiro atoms. The van der Waals surface area contributed by atoms with Crippen LogP contribution < -0.4 is 15.5 Å². The number of amides is 2. The van der Waals surface area contributed by atoms with Gasteiger partial charge in [0.1, 0.15) is 11.6 Å². The van der Waals surface area contributed by atoms with Gasteiger partial charge in [-0.15, -0.1) is 12.4 Å². The average molecular weight is 374 g/mol. The van der Waals surface area contributed by atoms with Crippen LogP contribution in [0, 0.1) is 23.5 Å². The molecule has 3 rings (SSSR count). The highest BCUT2D eigenvalue weighted by atomic mass is 35.5. The van der Waals surface area contributed by atoms with E-state index < -0.39 is 17.6 Å². The Labute approximate surface area is 151 Å². The van der Waals surface area contributed by atoms with Crippen molar-refractivity contribution in [1.29, 1.82) is 0 Å². The van der Waals surface area contributed by atoms with Crippen LogP contribution in [-0.4, -0.2) is 38.0 Å². The van der Waals surface area contributed by atoms with Crippen molar-refractivity contribution in [2.24, 2.45) is 11.8 Å². The highest BCUT2D eigenvalue weighted by Crippen LogP contribution is 2.28. The van der Waals surface area contributed by atoms with Crippen molar-refractivity contribution in [2.75, 3.05) is 31.1 Å². The van der Waals surface area contributed by atoms with Gasteiger partial charge in [0.2, 0.25) is 11.8 Å². The fraction of sp³-hybridized carbons (Fsp3) is 0.529. The zero-order valence-electron chi connectivity index (χ0n) is 13.8. The Kier molecular flexibility index (Phi) is 6.72. The molecule has 1 aromatic carbocycles. The lowest BCUT2D eigenvalue weighted by atomic mass is 9.99. The summed E-state index contributed by atoms with van der Waals surface area (Å²) in [7, 11) is 0. The second-order valence-corrected chi connectivity index (χ2v) is 6.46. The van der Waals surface area contributed by atoms with Gasteiger partial charge in [-0.05, 0) is 44.0 Å². The summed E-state index contributed by atoms with van der Waals surface area (Å²) in [5.74, 6) is -2.08. The summed E-state index contributed by atoms with van der Waals surface area (Å²) < 4.78 is 26.9. The molecule has 2 fully saturated rings. The Morgan fingerprint density at radius 3 is 2.84 bits per heavy atom.